The Kier molecular flexibility index (Phi) is 5.27. The van der Waals surface area contributed by atoms with Gasteiger partial charge in [0.25, 0.3) is 0 Å². The number of nitrogens with zero attached hydrogens (tertiary/aromatic N) is 3. The smallest absolute Gasteiger partial charge is 0.229 e. The number of aliphatic hydroxyl groups excluding tert-OH is 1. The van der Waals surface area contributed by atoms with Gasteiger partial charge in [-0.15, -0.1) is 0 Å². The van der Waals surface area contributed by atoms with Crippen LogP contribution in [0.2, 0.25) is 0 Å². The number of hydrogen-bond acceptors (Lipinski definition) is 5. The number of aryl methyl sites for hydroxylation is 1. The molecule has 0 spiro atoms. The summed E-state index contributed by atoms with van der Waals surface area (Å²) in [4.78, 5) is 23.8. The second kappa shape index (κ2) is 7.28. The van der Waals surface area contributed by atoms with Crippen molar-refractivity contribution in [3.8, 4) is 0 Å². The van der Waals surface area contributed by atoms with Crippen LogP contribution in [-0.2, 0) is 4.79 Å². The first-order valence-corrected chi connectivity index (χ1v) is 9.45. The minimum absolute atomic E-state index is 0.0645. The molecule has 0 aromatic carbocycles. The molecule has 2 saturated carbocycles. The van der Waals surface area contributed by atoms with E-state index in [2.05, 4.69) is 27.2 Å². The zero-order chi connectivity index (χ0) is 18.0. The first-order chi connectivity index (χ1) is 12.0. The SMILES string of the molecule is Cc1nc(N(C)C2CCCCC2)ncc1C(C)NC(=O)C1(CO)CC1. The van der Waals surface area contributed by atoms with Crippen molar-refractivity contribution in [2.45, 2.75) is 70.9 Å². The van der Waals surface area contributed by atoms with Gasteiger partial charge in [-0.3, -0.25) is 4.79 Å². The molecule has 6 nitrogen and oxygen atoms in total. The van der Waals surface area contributed by atoms with Crippen molar-refractivity contribution in [3.63, 3.8) is 0 Å². The second-order valence-electron chi connectivity index (χ2n) is 7.75. The summed E-state index contributed by atoms with van der Waals surface area (Å²) in [6, 6.07) is 0.362. The average Bonchev–Trinajstić information content (AvgIpc) is 3.43. The zero-order valence-electron chi connectivity index (χ0n) is 15.6. The fraction of sp³-hybridized carbons (Fsp3) is 0.737. The number of anilines is 1. The summed E-state index contributed by atoms with van der Waals surface area (Å²) in [5.74, 6) is 0.700. The predicted octanol–water partition coefficient (Wildman–Crippen LogP) is 2.50. The maximum absolute atomic E-state index is 12.3. The lowest BCUT2D eigenvalue weighted by molar-refractivity contribution is -0.128. The van der Waals surface area contributed by atoms with Crippen LogP contribution in [0.4, 0.5) is 5.95 Å². The molecule has 2 aliphatic carbocycles. The molecule has 1 atom stereocenters. The van der Waals surface area contributed by atoms with Crippen LogP contribution in [0, 0.1) is 12.3 Å². The Morgan fingerprint density at radius 2 is 2.08 bits per heavy atom. The second-order valence-corrected chi connectivity index (χ2v) is 7.75. The number of carbonyl (C=O) groups is 1. The standard InChI is InChI=1S/C19H30N4O2/c1-13(21-17(25)19(12-24)9-10-19)16-11-20-18(22-14(16)2)23(3)15-7-5-4-6-8-15/h11,13,15,24H,4-10,12H2,1-3H3,(H,21,25). The molecule has 6 heteroatoms. The molecule has 2 N–H and O–H groups in total. The van der Waals surface area contributed by atoms with E-state index in [0.717, 1.165) is 30.0 Å². The van der Waals surface area contributed by atoms with Crippen molar-refractivity contribution in [2.75, 3.05) is 18.6 Å². The quantitative estimate of drug-likeness (QED) is 0.827. The largest absolute Gasteiger partial charge is 0.395 e. The maximum atomic E-state index is 12.3. The molecule has 1 amide bonds. The van der Waals surface area contributed by atoms with Crippen molar-refractivity contribution >= 4 is 11.9 Å². The van der Waals surface area contributed by atoms with E-state index < -0.39 is 5.41 Å². The van der Waals surface area contributed by atoms with E-state index in [1.54, 1.807) is 0 Å². The normalized spacial score (nSPS) is 20.8. The van der Waals surface area contributed by atoms with Gasteiger partial charge in [0.15, 0.2) is 0 Å². The van der Waals surface area contributed by atoms with E-state index in [4.69, 9.17) is 0 Å². The van der Waals surface area contributed by atoms with Crippen LogP contribution in [0.15, 0.2) is 6.20 Å². The van der Waals surface area contributed by atoms with Crippen LogP contribution >= 0.6 is 0 Å². The third-order valence-corrected chi connectivity index (χ3v) is 5.89. The molecule has 1 unspecified atom stereocenters. The van der Waals surface area contributed by atoms with Gasteiger partial charge < -0.3 is 15.3 Å². The highest BCUT2D eigenvalue weighted by molar-refractivity contribution is 5.85. The van der Waals surface area contributed by atoms with Crippen LogP contribution in [0.25, 0.3) is 0 Å². The van der Waals surface area contributed by atoms with Gasteiger partial charge in [0.05, 0.1) is 18.1 Å². The number of amides is 1. The van der Waals surface area contributed by atoms with Crippen LogP contribution < -0.4 is 10.2 Å². The number of aliphatic hydroxyl groups is 1. The van der Waals surface area contributed by atoms with E-state index >= 15 is 0 Å². The molecule has 1 heterocycles. The van der Waals surface area contributed by atoms with E-state index in [0.29, 0.717) is 6.04 Å². The Balaban J connectivity index is 1.67. The van der Waals surface area contributed by atoms with E-state index in [-0.39, 0.29) is 18.6 Å². The molecule has 1 aromatic heterocycles. The number of aromatic nitrogens is 2. The molecular formula is C19H30N4O2. The Bertz CT molecular complexity index is 624. The van der Waals surface area contributed by atoms with Gasteiger partial charge in [-0.1, -0.05) is 19.3 Å². The molecule has 0 bridgehead atoms. The lowest BCUT2D eigenvalue weighted by Gasteiger charge is -2.31. The summed E-state index contributed by atoms with van der Waals surface area (Å²) < 4.78 is 0. The van der Waals surface area contributed by atoms with E-state index in [1.165, 1.54) is 32.1 Å². The monoisotopic (exact) mass is 346 g/mol. The van der Waals surface area contributed by atoms with Crippen LogP contribution in [-0.4, -0.2) is 40.7 Å². The van der Waals surface area contributed by atoms with E-state index in [9.17, 15) is 9.90 Å². The third kappa shape index (κ3) is 3.78. The Morgan fingerprint density at radius 3 is 2.64 bits per heavy atom. The number of hydrogen-bond donors (Lipinski definition) is 2. The number of nitrogens with one attached hydrogen (secondary N) is 1. The van der Waals surface area contributed by atoms with Gasteiger partial charge in [-0.05, 0) is 39.5 Å². The number of rotatable bonds is 6. The van der Waals surface area contributed by atoms with Crippen LogP contribution in [0.3, 0.4) is 0 Å². The average molecular weight is 346 g/mol. The summed E-state index contributed by atoms with van der Waals surface area (Å²) >= 11 is 0. The molecule has 1 aromatic rings. The molecule has 0 radical (unpaired) electrons. The topological polar surface area (TPSA) is 78.4 Å². The molecule has 2 aliphatic rings. The Hall–Kier alpha value is -1.69. The van der Waals surface area contributed by atoms with Gasteiger partial charge in [0.1, 0.15) is 0 Å². The molecular weight excluding hydrogens is 316 g/mol. The summed E-state index contributed by atoms with van der Waals surface area (Å²) in [7, 11) is 2.08. The molecule has 138 valence electrons. The van der Waals surface area contributed by atoms with Crippen molar-refractivity contribution in [2.24, 2.45) is 5.41 Å². The van der Waals surface area contributed by atoms with Gasteiger partial charge >= 0.3 is 0 Å². The zero-order valence-corrected chi connectivity index (χ0v) is 15.6. The highest BCUT2D eigenvalue weighted by Crippen LogP contribution is 2.45. The minimum atomic E-state index is -0.551. The van der Waals surface area contributed by atoms with Gasteiger partial charge in [0.2, 0.25) is 11.9 Å². The van der Waals surface area contributed by atoms with E-state index in [1.807, 2.05) is 20.0 Å². The van der Waals surface area contributed by atoms with Gasteiger partial charge in [0, 0.05) is 30.5 Å². The van der Waals surface area contributed by atoms with Gasteiger partial charge in [-0.25, -0.2) is 9.97 Å². The first kappa shape index (κ1) is 18.1. The highest BCUT2D eigenvalue weighted by Gasteiger charge is 2.49. The molecule has 0 saturated heterocycles. The lowest BCUT2D eigenvalue weighted by atomic mass is 9.95. The van der Waals surface area contributed by atoms with Crippen molar-refractivity contribution in [3.05, 3.63) is 17.5 Å². The van der Waals surface area contributed by atoms with Crippen molar-refractivity contribution in [1.29, 1.82) is 0 Å². The highest BCUT2D eigenvalue weighted by atomic mass is 16.3. The lowest BCUT2D eigenvalue weighted by Crippen LogP contribution is -2.37. The fourth-order valence-electron chi connectivity index (χ4n) is 3.73. The van der Waals surface area contributed by atoms with Gasteiger partial charge in [-0.2, -0.15) is 0 Å². The summed E-state index contributed by atoms with van der Waals surface area (Å²) in [5.41, 5.74) is 1.28. The molecule has 2 fully saturated rings. The van der Waals surface area contributed by atoms with Crippen LogP contribution in [0.1, 0.15) is 69.2 Å². The molecule has 3 rings (SSSR count). The van der Waals surface area contributed by atoms with Crippen LogP contribution in [0.5, 0.6) is 0 Å². The predicted molar refractivity (Wildman–Crippen MR) is 97.4 cm³/mol. The van der Waals surface area contributed by atoms with Crippen molar-refractivity contribution in [1.82, 2.24) is 15.3 Å². The summed E-state index contributed by atoms with van der Waals surface area (Å²) in [5, 5.41) is 12.4. The maximum Gasteiger partial charge on any atom is 0.229 e. The summed E-state index contributed by atoms with van der Waals surface area (Å²) in [6.07, 6.45) is 9.66. The molecule has 0 aliphatic heterocycles. The third-order valence-electron chi connectivity index (χ3n) is 5.89. The summed E-state index contributed by atoms with van der Waals surface area (Å²) in [6.45, 7) is 3.84. The first-order valence-electron chi connectivity index (χ1n) is 9.45. The minimum Gasteiger partial charge on any atom is -0.395 e. The molecule has 25 heavy (non-hydrogen) atoms. The Morgan fingerprint density at radius 1 is 1.40 bits per heavy atom. The fourth-order valence-corrected chi connectivity index (χ4v) is 3.73. The number of carbonyl (C=O) groups excluding carboxylic acids is 1. The van der Waals surface area contributed by atoms with Crippen molar-refractivity contribution < 1.29 is 9.90 Å². The Labute approximate surface area is 150 Å².